The molecule has 0 saturated carbocycles. The van der Waals surface area contributed by atoms with Crippen LogP contribution in [0.2, 0.25) is 10.0 Å². The maximum absolute atomic E-state index is 6.14. The highest BCUT2D eigenvalue weighted by Crippen LogP contribution is 2.29. The second kappa shape index (κ2) is 6.80. The molecule has 0 aliphatic carbocycles. The molecule has 1 aliphatic heterocycles. The van der Waals surface area contributed by atoms with Crippen LogP contribution in [0, 0.1) is 0 Å². The zero-order valence-electron chi connectivity index (χ0n) is 11.3. The highest BCUT2D eigenvalue weighted by Gasteiger charge is 2.22. The number of halogens is 2. The molecule has 106 valence electrons. The number of morpholine rings is 1. The Labute approximate surface area is 124 Å². The lowest BCUT2D eigenvalue weighted by Crippen LogP contribution is -2.48. The third-order valence-corrected chi connectivity index (χ3v) is 4.19. The Morgan fingerprint density at radius 1 is 1.42 bits per heavy atom. The molecule has 1 fully saturated rings. The quantitative estimate of drug-likeness (QED) is 0.921. The molecule has 1 heterocycles. The summed E-state index contributed by atoms with van der Waals surface area (Å²) in [4.78, 5) is 2.43. The van der Waals surface area contributed by atoms with Crippen LogP contribution in [0.1, 0.15) is 13.8 Å². The molecule has 0 radical (unpaired) electrons. The number of hydrogen-bond donors (Lipinski definition) is 1. The molecular weight excluding hydrogens is 283 g/mol. The van der Waals surface area contributed by atoms with E-state index in [2.05, 4.69) is 24.1 Å². The van der Waals surface area contributed by atoms with Crippen molar-refractivity contribution in [2.24, 2.45) is 0 Å². The van der Waals surface area contributed by atoms with Crippen molar-refractivity contribution in [3.05, 3.63) is 28.2 Å². The van der Waals surface area contributed by atoms with Gasteiger partial charge in [0.15, 0.2) is 0 Å². The number of nitrogens with one attached hydrogen (secondary N) is 1. The van der Waals surface area contributed by atoms with Crippen molar-refractivity contribution >= 4 is 28.9 Å². The van der Waals surface area contributed by atoms with Crippen LogP contribution in [0.5, 0.6) is 0 Å². The first kappa shape index (κ1) is 14.9. The minimum Gasteiger partial charge on any atom is -0.381 e. The Morgan fingerprint density at radius 2 is 2.21 bits per heavy atom. The van der Waals surface area contributed by atoms with Gasteiger partial charge in [0.1, 0.15) is 0 Å². The van der Waals surface area contributed by atoms with E-state index in [4.69, 9.17) is 27.9 Å². The molecule has 1 aromatic carbocycles. The van der Waals surface area contributed by atoms with Gasteiger partial charge in [-0.3, -0.25) is 4.90 Å². The van der Waals surface area contributed by atoms with Gasteiger partial charge in [0.2, 0.25) is 0 Å². The van der Waals surface area contributed by atoms with Crippen molar-refractivity contribution in [3.8, 4) is 0 Å². The van der Waals surface area contributed by atoms with Crippen LogP contribution >= 0.6 is 23.2 Å². The van der Waals surface area contributed by atoms with Gasteiger partial charge in [-0.2, -0.15) is 0 Å². The van der Waals surface area contributed by atoms with Crippen molar-refractivity contribution in [2.75, 3.05) is 31.6 Å². The summed E-state index contributed by atoms with van der Waals surface area (Å²) in [5.41, 5.74) is 0.861. The largest absolute Gasteiger partial charge is 0.381 e. The fourth-order valence-electron chi connectivity index (χ4n) is 2.20. The van der Waals surface area contributed by atoms with Crippen molar-refractivity contribution in [1.82, 2.24) is 4.90 Å². The molecule has 5 heteroatoms. The maximum Gasteiger partial charge on any atom is 0.0874 e. The summed E-state index contributed by atoms with van der Waals surface area (Å²) in [7, 11) is 0. The highest BCUT2D eigenvalue weighted by atomic mass is 35.5. The molecular formula is C14H20Cl2N2O. The van der Waals surface area contributed by atoms with Crippen molar-refractivity contribution < 1.29 is 4.74 Å². The lowest BCUT2D eigenvalue weighted by Gasteiger charge is -2.35. The molecule has 0 spiro atoms. The number of anilines is 1. The van der Waals surface area contributed by atoms with E-state index in [-0.39, 0.29) is 6.10 Å². The molecule has 1 saturated heterocycles. The first-order valence-corrected chi connectivity index (χ1v) is 7.37. The standard InChI is InChI=1S/C14H20Cl2N2O/c1-10(2)18-6-7-19-11(9-18)8-17-13-5-3-4-12(15)14(13)16/h3-5,10-11,17H,6-9H2,1-2H3. The second-order valence-electron chi connectivity index (χ2n) is 5.06. The Morgan fingerprint density at radius 3 is 2.95 bits per heavy atom. The SMILES string of the molecule is CC(C)N1CCOC(CNc2cccc(Cl)c2Cl)C1. The van der Waals surface area contributed by atoms with E-state index in [1.54, 1.807) is 6.07 Å². The van der Waals surface area contributed by atoms with Crippen LogP contribution < -0.4 is 5.32 Å². The van der Waals surface area contributed by atoms with Crippen LogP contribution in [0.25, 0.3) is 0 Å². The lowest BCUT2D eigenvalue weighted by molar-refractivity contribution is -0.0315. The molecule has 1 aromatic rings. The smallest absolute Gasteiger partial charge is 0.0874 e. The van der Waals surface area contributed by atoms with E-state index in [0.29, 0.717) is 16.1 Å². The van der Waals surface area contributed by atoms with Crippen molar-refractivity contribution in [2.45, 2.75) is 26.0 Å². The number of rotatable bonds is 4. The summed E-state index contributed by atoms with van der Waals surface area (Å²) >= 11 is 12.1. The van der Waals surface area contributed by atoms with Crippen LogP contribution in [-0.4, -0.2) is 43.3 Å². The van der Waals surface area contributed by atoms with Crippen molar-refractivity contribution in [1.29, 1.82) is 0 Å². The van der Waals surface area contributed by atoms with Crippen LogP contribution in [0.4, 0.5) is 5.69 Å². The van der Waals surface area contributed by atoms with E-state index >= 15 is 0 Å². The van der Waals surface area contributed by atoms with Gasteiger partial charge in [-0.05, 0) is 26.0 Å². The Kier molecular flexibility index (Phi) is 5.34. The summed E-state index contributed by atoms with van der Waals surface area (Å²) in [6.07, 6.45) is 0.186. The first-order chi connectivity index (χ1) is 9.08. The summed E-state index contributed by atoms with van der Waals surface area (Å²) in [6.45, 7) is 7.90. The zero-order chi connectivity index (χ0) is 13.8. The maximum atomic E-state index is 6.14. The monoisotopic (exact) mass is 302 g/mol. The molecule has 2 rings (SSSR count). The van der Waals surface area contributed by atoms with E-state index in [1.165, 1.54) is 0 Å². The molecule has 0 amide bonds. The second-order valence-corrected chi connectivity index (χ2v) is 5.85. The molecule has 0 aromatic heterocycles. The molecule has 1 unspecified atom stereocenters. The normalized spacial score (nSPS) is 20.8. The number of nitrogens with zero attached hydrogens (tertiary/aromatic N) is 1. The van der Waals surface area contributed by atoms with Gasteiger partial charge >= 0.3 is 0 Å². The van der Waals surface area contributed by atoms with Gasteiger partial charge < -0.3 is 10.1 Å². The highest BCUT2D eigenvalue weighted by molar-refractivity contribution is 6.43. The lowest BCUT2D eigenvalue weighted by atomic mass is 10.2. The summed E-state index contributed by atoms with van der Waals surface area (Å²) in [5, 5.41) is 4.45. The predicted octanol–water partition coefficient (Wildman–Crippen LogP) is 3.51. The minimum atomic E-state index is 0.186. The van der Waals surface area contributed by atoms with E-state index < -0.39 is 0 Å². The fraction of sp³-hybridized carbons (Fsp3) is 0.571. The van der Waals surface area contributed by atoms with Crippen LogP contribution in [-0.2, 0) is 4.74 Å². The minimum absolute atomic E-state index is 0.186. The molecule has 3 nitrogen and oxygen atoms in total. The summed E-state index contributed by atoms with van der Waals surface area (Å²) in [6, 6.07) is 6.16. The predicted molar refractivity (Wildman–Crippen MR) is 81.4 cm³/mol. The molecule has 1 aliphatic rings. The third-order valence-electron chi connectivity index (χ3n) is 3.37. The Balaban J connectivity index is 1.90. The third kappa shape index (κ3) is 3.99. The van der Waals surface area contributed by atoms with Gasteiger partial charge in [0, 0.05) is 25.7 Å². The zero-order valence-corrected chi connectivity index (χ0v) is 12.8. The van der Waals surface area contributed by atoms with Gasteiger partial charge in [0.05, 0.1) is 28.4 Å². The van der Waals surface area contributed by atoms with Gasteiger partial charge in [-0.15, -0.1) is 0 Å². The Hall–Kier alpha value is -0.480. The van der Waals surface area contributed by atoms with E-state index in [0.717, 1.165) is 31.9 Å². The molecule has 1 N–H and O–H groups in total. The molecule has 0 bridgehead atoms. The molecule has 1 atom stereocenters. The summed E-state index contributed by atoms with van der Waals surface area (Å²) in [5.74, 6) is 0. The van der Waals surface area contributed by atoms with Crippen molar-refractivity contribution in [3.63, 3.8) is 0 Å². The number of ether oxygens (including phenoxy) is 1. The van der Waals surface area contributed by atoms with Gasteiger partial charge in [0.25, 0.3) is 0 Å². The average molecular weight is 303 g/mol. The van der Waals surface area contributed by atoms with Crippen LogP contribution in [0.15, 0.2) is 18.2 Å². The first-order valence-electron chi connectivity index (χ1n) is 6.61. The van der Waals surface area contributed by atoms with E-state index in [1.807, 2.05) is 12.1 Å². The topological polar surface area (TPSA) is 24.5 Å². The van der Waals surface area contributed by atoms with Gasteiger partial charge in [-0.1, -0.05) is 29.3 Å². The van der Waals surface area contributed by atoms with E-state index in [9.17, 15) is 0 Å². The fourth-order valence-corrected chi connectivity index (χ4v) is 2.57. The van der Waals surface area contributed by atoms with Gasteiger partial charge in [-0.25, -0.2) is 0 Å². The molecule has 19 heavy (non-hydrogen) atoms. The summed E-state index contributed by atoms with van der Waals surface area (Å²) < 4.78 is 5.77. The number of benzene rings is 1. The average Bonchev–Trinajstić information content (AvgIpc) is 2.41. The van der Waals surface area contributed by atoms with Crippen LogP contribution in [0.3, 0.4) is 0 Å². The Bertz CT molecular complexity index is 426. The number of hydrogen-bond acceptors (Lipinski definition) is 3.